The second kappa shape index (κ2) is 9.87. The van der Waals surface area contributed by atoms with Crippen molar-refractivity contribution in [3.05, 3.63) is 53.3 Å². The lowest BCUT2D eigenvalue weighted by Gasteiger charge is -2.39. The average molecular weight is 496 g/mol. The maximum absolute atomic E-state index is 13.2. The van der Waals surface area contributed by atoms with Crippen molar-refractivity contribution < 1.29 is 22.3 Å². The second-order valence-corrected chi connectivity index (χ2v) is 10.6. The highest BCUT2D eigenvalue weighted by Gasteiger charge is 2.35. The zero-order valence-electron chi connectivity index (χ0n) is 18.4. The molecule has 0 N–H and O–H groups in total. The first kappa shape index (κ1) is 23.8. The quantitative estimate of drug-likeness (QED) is 0.637. The third-order valence-electron chi connectivity index (χ3n) is 6.33. The van der Waals surface area contributed by atoms with Crippen LogP contribution in [0.15, 0.2) is 47.4 Å². The molecule has 0 unspecified atom stereocenters. The smallest absolute Gasteiger partial charge is 0.246 e. The number of methoxy groups -OCH3 is 1. The Labute approximate surface area is 198 Å². The van der Waals surface area contributed by atoms with Gasteiger partial charge in [0.05, 0.1) is 7.11 Å². The summed E-state index contributed by atoms with van der Waals surface area (Å²) >= 11 is 6.02. The van der Waals surface area contributed by atoms with E-state index in [9.17, 15) is 17.6 Å². The molecule has 1 amide bonds. The van der Waals surface area contributed by atoms with Gasteiger partial charge in [-0.15, -0.1) is 0 Å². The van der Waals surface area contributed by atoms with Crippen molar-refractivity contribution in [2.45, 2.75) is 17.7 Å². The summed E-state index contributed by atoms with van der Waals surface area (Å²) in [5.74, 6) is -0.146. The Hall–Kier alpha value is -2.36. The maximum atomic E-state index is 13.2. The maximum Gasteiger partial charge on any atom is 0.246 e. The SMILES string of the molecule is COc1ccc(Cl)cc1S(=O)(=O)N1CCC(C(=O)N2CCN(c3ccc(F)cc3)CC2)CC1. The fourth-order valence-corrected chi connectivity index (χ4v) is 6.32. The molecule has 2 aliphatic rings. The van der Waals surface area contributed by atoms with Crippen LogP contribution in [0.5, 0.6) is 5.75 Å². The average Bonchev–Trinajstić information content (AvgIpc) is 2.84. The minimum Gasteiger partial charge on any atom is -0.495 e. The Bertz CT molecular complexity index is 1100. The van der Waals surface area contributed by atoms with E-state index in [0.717, 1.165) is 5.69 Å². The molecule has 0 atom stereocenters. The number of hydrogen-bond donors (Lipinski definition) is 0. The van der Waals surface area contributed by atoms with E-state index in [4.69, 9.17) is 16.3 Å². The normalized spacial score (nSPS) is 18.4. The number of rotatable bonds is 5. The molecule has 178 valence electrons. The van der Waals surface area contributed by atoms with Crippen LogP contribution in [0.3, 0.4) is 0 Å². The number of ether oxygens (including phenoxy) is 1. The van der Waals surface area contributed by atoms with Crippen LogP contribution < -0.4 is 9.64 Å². The number of amides is 1. The molecule has 2 saturated heterocycles. The summed E-state index contributed by atoms with van der Waals surface area (Å²) in [5, 5.41) is 0.319. The van der Waals surface area contributed by atoms with Gasteiger partial charge in [-0.05, 0) is 55.3 Å². The Morgan fingerprint density at radius 1 is 1.00 bits per heavy atom. The molecular weight excluding hydrogens is 469 g/mol. The number of hydrogen-bond acceptors (Lipinski definition) is 5. The fraction of sp³-hybridized carbons (Fsp3) is 0.435. The van der Waals surface area contributed by atoms with Gasteiger partial charge in [-0.2, -0.15) is 4.31 Å². The van der Waals surface area contributed by atoms with Crippen LogP contribution in [0.25, 0.3) is 0 Å². The van der Waals surface area contributed by atoms with Crippen LogP contribution >= 0.6 is 11.6 Å². The summed E-state index contributed by atoms with van der Waals surface area (Å²) in [6.45, 7) is 3.08. The molecule has 0 bridgehead atoms. The number of piperazine rings is 1. The first-order chi connectivity index (χ1) is 15.8. The summed E-state index contributed by atoms with van der Waals surface area (Å²) in [5.41, 5.74) is 0.943. The summed E-state index contributed by atoms with van der Waals surface area (Å²) in [6, 6.07) is 10.9. The van der Waals surface area contributed by atoms with Gasteiger partial charge in [0.1, 0.15) is 16.5 Å². The summed E-state index contributed by atoms with van der Waals surface area (Å²) < 4.78 is 46.1. The van der Waals surface area contributed by atoms with E-state index in [0.29, 0.717) is 44.0 Å². The van der Waals surface area contributed by atoms with Crippen LogP contribution in [0.1, 0.15) is 12.8 Å². The summed E-state index contributed by atoms with van der Waals surface area (Å²) in [6.07, 6.45) is 0.943. The number of piperidine rings is 1. The van der Waals surface area contributed by atoms with Crippen LogP contribution in [0.2, 0.25) is 5.02 Å². The molecule has 2 aromatic carbocycles. The van der Waals surface area contributed by atoms with Crippen LogP contribution in [-0.4, -0.2) is 69.9 Å². The van der Waals surface area contributed by atoms with Gasteiger partial charge in [0.2, 0.25) is 15.9 Å². The van der Waals surface area contributed by atoms with Gasteiger partial charge in [-0.25, -0.2) is 12.8 Å². The van der Waals surface area contributed by atoms with Crippen molar-refractivity contribution in [3.63, 3.8) is 0 Å². The summed E-state index contributed by atoms with van der Waals surface area (Å²) in [4.78, 5) is 17.1. The van der Waals surface area contributed by atoms with Crippen LogP contribution in [0, 0.1) is 11.7 Å². The van der Waals surface area contributed by atoms with Crippen molar-refractivity contribution in [1.29, 1.82) is 0 Å². The van der Waals surface area contributed by atoms with Gasteiger partial charge in [0, 0.05) is 55.9 Å². The Morgan fingerprint density at radius 2 is 1.64 bits per heavy atom. The van der Waals surface area contributed by atoms with Gasteiger partial charge in [-0.1, -0.05) is 11.6 Å². The number of carbonyl (C=O) groups excluding carboxylic acids is 1. The zero-order chi connectivity index (χ0) is 23.6. The molecule has 2 fully saturated rings. The van der Waals surface area contributed by atoms with Crippen molar-refractivity contribution in [2.75, 3.05) is 51.3 Å². The second-order valence-electron chi connectivity index (χ2n) is 8.26. The molecule has 0 spiro atoms. The van der Waals surface area contributed by atoms with Crippen LogP contribution in [0.4, 0.5) is 10.1 Å². The third-order valence-corrected chi connectivity index (χ3v) is 8.48. The minimum atomic E-state index is -3.78. The van der Waals surface area contributed by atoms with Crippen molar-refractivity contribution in [3.8, 4) is 5.75 Å². The number of halogens is 2. The molecular formula is C23H27ClFN3O4S. The molecule has 0 radical (unpaired) electrons. The lowest BCUT2D eigenvalue weighted by molar-refractivity contribution is -0.137. The van der Waals surface area contributed by atoms with Gasteiger partial charge >= 0.3 is 0 Å². The van der Waals surface area contributed by atoms with E-state index in [1.165, 1.54) is 35.7 Å². The number of benzene rings is 2. The first-order valence-electron chi connectivity index (χ1n) is 10.9. The molecule has 0 aliphatic carbocycles. The van der Waals surface area contributed by atoms with Crippen molar-refractivity contribution in [1.82, 2.24) is 9.21 Å². The molecule has 0 saturated carbocycles. The number of sulfonamides is 1. The number of nitrogens with zero attached hydrogens (tertiary/aromatic N) is 3. The van der Waals surface area contributed by atoms with Gasteiger partial charge in [0.25, 0.3) is 0 Å². The predicted octanol–water partition coefficient (Wildman–Crippen LogP) is 3.24. The van der Waals surface area contributed by atoms with Gasteiger partial charge in [0.15, 0.2) is 0 Å². The van der Waals surface area contributed by atoms with Gasteiger partial charge < -0.3 is 14.5 Å². The van der Waals surface area contributed by atoms with E-state index in [1.54, 1.807) is 18.2 Å². The van der Waals surface area contributed by atoms with Crippen molar-refractivity contribution in [2.24, 2.45) is 5.92 Å². The molecule has 2 heterocycles. The molecule has 0 aromatic heterocycles. The first-order valence-corrected chi connectivity index (χ1v) is 12.7. The largest absolute Gasteiger partial charge is 0.495 e. The molecule has 33 heavy (non-hydrogen) atoms. The Kier molecular flexibility index (Phi) is 7.11. The standard InChI is InChI=1S/C23H27ClFN3O4S/c1-32-21-7-2-18(24)16-22(21)33(30,31)28-10-8-17(9-11-28)23(29)27-14-12-26(13-15-27)20-5-3-19(25)4-6-20/h2-7,16-17H,8-15H2,1H3. The molecule has 10 heteroatoms. The van der Waals surface area contributed by atoms with E-state index >= 15 is 0 Å². The Morgan fingerprint density at radius 3 is 2.24 bits per heavy atom. The zero-order valence-corrected chi connectivity index (χ0v) is 20.0. The van der Waals surface area contributed by atoms with Gasteiger partial charge in [-0.3, -0.25) is 4.79 Å². The summed E-state index contributed by atoms with van der Waals surface area (Å²) in [7, 11) is -2.36. The Balaban J connectivity index is 1.34. The highest BCUT2D eigenvalue weighted by molar-refractivity contribution is 7.89. The third kappa shape index (κ3) is 5.10. The lowest BCUT2D eigenvalue weighted by Crippen LogP contribution is -2.52. The topological polar surface area (TPSA) is 70.2 Å². The fourth-order valence-electron chi connectivity index (χ4n) is 4.43. The monoisotopic (exact) mass is 495 g/mol. The molecule has 7 nitrogen and oxygen atoms in total. The lowest BCUT2D eigenvalue weighted by atomic mass is 9.96. The van der Waals surface area contributed by atoms with Crippen molar-refractivity contribution >= 4 is 33.2 Å². The molecule has 2 aliphatic heterocycles. The highest BCUT2D eigenvalue weighted by atomic mass is 35.5. The molecule has 2 aromatic rings. The van der Waals surface area contributed by atoms with E-state index < -0.39 is 10.0 Å². The number of anilines is 1. The van der Waals surface area contributed by atoms with Crippen LogP contribution in [-0.2, 0) is 14.8 Å². The minimum absolute atomic E-state index is 0.0409. The molecule has 4 rings (SSSR count). The van der Waals surface area contributed by atoms with E-state index in [2.05, 4.69) is 4.90 Å². The van der Waals surface area contributed by atoms with E-state index in [-0.39, 0.29) is 41.4 Å². The predicted molar refractivity (Wildman–Crippen MR) is 125 cm³/mol. The van der Waals surface area contributed by atoms with E-state index in [1.807, 2.05) is 4.90 Å². The number of carbonyl (C=O) groups is 1. The highest BCUT2D eigenvalue weighted by Crippen LogP contribution is 2.32.